The van der Waals surface area contributed by atoms with Crippen LogP contribution in [0.1, 0.15) is 5.69 Å². The number of nitrogens with two attached hydrogens (primary N) is 1. The van der Waals surface area contributed by atoms with Crippen LogP contribution < -0.4 is 11.2 Å². The molecule has 0 saturated heterocycles. The number of pyridine rings is 1. The summed E-state index contributed by atoms with van der Waals surface area (Å²) in [6.45, 7) is 0.363. The number of rotatable bonds is 2. The summed E-state index contributed by atoms with van der Waals surface area (Å²) in [5.74, 6) is 0. The minimum absolute atomic E-state index is 0. The van der Waals surface area contributed by atoms with E-state index in [1.165, 1.54) is 6.20 Å². The van der Waals surface area contributed by atoms with E-state index in [0.717, 1.165) is 5.69 Å². The fourth-order valence-corrected chi connectivity index (χ4v) is 0.709. The normalized spacial score (nSPS) is 8.92. The fraction of sp³-hybridized carbons (Fsp3) is 0.167. The van der Waals surface area contributed by atoms with E-state index in [-0.39, 0.29) is 12.4 Å². The number of nitrogens with zero attached hydrogens (tertiary/aromatic N) is 1. The Morgan fingerprint density at radius 3 is 2.42 bits per heavy atom. The molecule has 6 heteroatoms. The highest BCUT2D eigenvalue weighted by Crippen LogP contribution is 1.88. The molecule has 0 aliphatic rings. The third-order valence-corrected chi connectivity index (χ3v) is 1.35. The molecule has 1 aromatic rings. The summed E-state index contributed by atoms with van der Waals surface area (Å²) in [5, 5.41) is 17.3. The molecule has 4 nitrogen and oxygen atoms in total. The second-order valence-corrected chi connectivity index (χ2v) is 2.16. The molecule has 0 aliphatic heterocycles. The maximum atomic E-state index is 8.67. The zero-order valence-corrected chi connectivity index (χ0v) is 7.16. The van der Waals surface area contributed by atoms with Crippen LogP contribution in [-0.4, -0.2) is 22.2 Å². The first-order valence-corrected chi connectivity index (χ1v) is 3.25. The Bertz CT molecular complexity index is 229. The largest absolute Gasteiger partial charge is 0.490 e. The smallest absolute Gasteiger partial charge is 0.423 e. The Balaban J connectivity index is 0.00000121. The average molecular weight is 188 g/mol. The monoisotopic (exact) mass is 188 g/mol. The molecule has 1 heterocycles. The minimum Gasteiger partial charge on any atom is -0.423 e. The first-order valence-electron chi connectivity index (χ1n) is 3.25. The average Bonchev–Trinajstić information content (AvgIpc) is 2.05. The van der Waals surface area contributed by atoms with Crippen molar-refractivity contribution >= 4 is 25.0 Å². The number of halogens is 1. The third kappa shape index (κ3) is 2.79. The number of aromatic nitrogens is 1. The Hall–Kier alpha value is -0.615. The van der Waals surface area contributed by atoms with Gasteiger partial charge in [-0.2, -0.15) is 0 Å². The first kappa shape index (κ1) is 11.4. The predicted molar refractivity (Wildman–Crippen MR) is 49.2 cm³/mol. The Kier molecular flexibility index (Phi) is 4.84. The van der Waals surface area contributed by atoms with Crippen LogP contribution in [0.2, 0.25) is 0 Å². The lowest BCUT2D eigenvalue weighted by atomic mass is 9.82. The summed E-state index contributed by atoms with van der Waals surface area (Å²) < 4.78 is 0. The van der Waals surface area contributed by atoms with Crippen LogP contribution in [0.3, 0.4) is 0 Å². The van der Waals surface area contributed by atoms with Crippen molar-refractivity contribution in [2.45, 2.75) is 6.54 Å². The van der Waals surface area contributed by atoms with Gasteiger partial charge in [0.1, 0.15) is 0 Å². The molecule has 0 radical (unpaired) electrons. The lowest BCUT2D eigenvalue weighted by Gasteiger charge is -1.98. The zero-order valence-electron chi connectivity index (χ0n) is 6.34. The molecule has 4 N–H and O–H groups in total. The van der Waals surface area contributed by atoms with Crippen molar-refractivity contribution in [2.75, 3.05) is 0 Å². The molecule has 0 amide bonds. The molecule has 0 bridgehead atoms. The third-order valence-electron chi connectivity index (χ3n) is 1.35. The molecule has 0 saturated carbocycles. The first-order chi connectivity index (χ1) is 5.24. The zero-order chi connectivity index (χ0) is 8.27. The van der Waals surface area contributed by atoms with Crippen molar-refractivity contribution in [3.8, 4) is 0 Å². The standard InChI is InChI=1S/C6H9BN2O2.ClH/c8-3-6-2-1-5(4-9-6)7(10)11;/h1-2,4,10-11H,3,8H2;1H. The summed E-state index contributed by atoms with van der Waals surface area (Å²) in [6, 6.07) is 3.24. The van der Waals surface area contributed by atoms with Crippen molar-refractivity contribution in [3.63, 3.8) is 0 Å². The Labute approximate surface area is 77.0 Å². The second kappa shape index (κ2) is 5.11. The van der Waals surface area contributed by atoms with E-state index in [2.05, 4.69) is 4.98 Å². The van der Waals surface area contributed by atoms with Gasteiger partial charge in [0.15, 0.2) is 0 Å². The van der Waals surface area contributed by atoms with Gasteiger partial charge >= 0.3 is 7.12 Å². The fourth-order valence-electron chi connectivity index (χ4n) is 0.709. The van der Waals surface area contributed by atoms with Gasteiger partial charge in [0.2, 0.25) is 0 Å². The van der Waals surface area contributed by atoms with Gasteiger partial charge in [-0.3, -0.25) is 4.98 Å². The summed E-state index contributed by atoms with van der Waals surface area (Å²) in [5.41, 5.74) is 6.40. The van der Waals surface area contributed by atoms with Crippen LogP contribution in [0.5, 0.6) is 0 Å². The molecule has 0 aromatic carbocycles. The maximum absolute atomic E-state index is 8.67. The van der Waals surface area contributed by atoms with E-state index in [1.807, 2.05) is 0 Å². The Morgan fingerprint density at radius 1 is 1.42 bits per heavy atom. The Morgan fingerprint density at radius 2 is 2.08 bits per heavy atom. The molecule has 1 rings (SSSR count). The molecule has 0 spiro atoms. The van der Waals surface area contributed by atoms with E-state index in [1.54, 1.807) is 12.1 Å². The van der Waals surface area contributed by atoms with E-state index in [4.69, 9.17) is 15.8 Å². The molecule has 0 unspecified atom stereocenters. The van der Waals surface area contributed by atoms with Crippen LogP contribution in [0, 0.1) is 0 Å². The lowest BCUT2D eigenvalue weighted by molar-refractivity contribution is 0.425. The van der Waals surface area contributed by atoms with Gasteiger partial charge in [-0.15, -0.1) is 12.4 Å². The van der Waals surface area contributed by atoms with Crippen molar-refractivity contribution in [2.24, 2.45) is 5.73 Å². The number of hydrogen-bond donors (Lipinski definition) is 3. The molecule has 0 fully saturated rings. The highest BCUT2D eigenvalue weighted by Gasteiger charge is 2.09. The molecular weight excluding hydrogens is 178 g/mol. The molecule has 1 aromatic heterocycles. The van der Waals surface area contributed by atoms with Crippen LogP contribution in [-0.2, 0) is 6.54 Å². The minimum atomic E-state index is -1.45. The predicted octanol–water partition coefficient (Wildman–Crippen LogP) is -1.36. The van der Waals surface area contributed by atoms with Crippen molar-refractivity contribution < 1.29 is 10.0 Å². The van der Waals surface area contributed by atoms with Crippen molar-refractivity contribution in [3.05, 3.63) is 24.0 Å². The van der Waals surface area contributed by atoms with Crippen LogP contribution in [0.25, 0.3) is 0 Å². The van der Waals surface area contributed by atoms with E-state index in [0.29, 0.717) is 12.0 Å². The van der Waals surface area contributed by atoms with Gasteiger partial charge in [0, 0.05) is 18.2 Å². The summed E-state index contributed by atoms with van der Waals surface area (Å²) in [6.07, 6.45) is 1.40. The topological polar surface area (TPSA) is 79.4 Å². The van der Waals surface area contributed by atoms with Gasteiger partial charge in [-0.05, 0) is 6.07 Å². The lowest BCUT2D eigenvalue weighted by Crippen LogP contribution is -2.30. The highest BCUT2D eigenvalue weighted by atomic mass is 35.5. The van der Waals surface area contributed by atoms with Gasteiger partial charge in [0.25, 0.3) is 0 Å². The summed E-state index contributed by atoms with van der Waals surface area (Å²) in [4.78, 5) is 3.87. The van der Waals surface area contributed by atoms with Crippen LogP contribution >= 0.6 is 12.4 Å². The quantitative estimate of drug-likeness (QED) is 0.501. The summed E-state index contributed by atoms with van der Waals surface area (Å²) >= 11 is 0. The SMILES string of the molecule is Cl.NCc1ccc(B(O)O)cn1. The van der Waals surface area contributed by atoms with E-state index < -0.39 is 7.12 Å². The van der Waals surface area contributed by atoms with E-state index in [9.17, 15) is 0 Å². The number of hydrogen-bond acceptors (Lipinski definition) is 4. The van der Waals surface area contributed by atoms with Gasteiger partial charge in [-0.1, -0.05) is 6.07 Å². The van der Waals surface area contributed by atoms with Crippen LogP contribution in [0.4, 0.5) is 0 Å². The van der Waals surface area contributed by atoms with Gasteiger partial charge in [-0.25, -0.2) is 0 Å². The molecular formula is C6H10BClN2O2. The summed E-state index contributed by atoms with van der Waals surface area (Å²) in [7, 11) is -1.45. The van der Waals surface area contributed by atoms with Crippen molar-refractivity contribution in [1.82, 2.24) is 4.98 Å². The van der Waals surface area contributed by atoms with Crippen molar-refractivity contribution in [1.29, 1.82) is 0 Å². The molecule has 0 aliphatic carbocycles. The van der Waals surface area contributed by atoms with Gasteiger partial charge < -0.3 is 15.8 Å². The van der Waals surface area contributed by atoms with Gasteiger partial charge in [0.05, 0.1) is 5.69 Å². The molecule has 66 valence electrons. The van der Waals surface area contributed by atoms with Crippen LogP contribution in [0.15, 0.2) is 18.3 Å². The van der Waals surface area contributed by atoms with E-state index >= 15 is 0 Å². The maximum Gasteiger partial charge on any atom is 0.490 e. The molecule has 0 atom stereocenters. The molecule has 12 heavy (non-hydrogen) atoms. The second-order valence-electron chi connectivity index (χ2n) is 2.16. The highest BCUT2D eigenvalue weighted by molar-refractivity contribution is 6.58.